The zero-order valence-corrected chi connectivity index (χ0v) is 16.3. The van der Waals surface area contributed by atoms with Gasteiger partial charge in [0, 0.05) is 23.7 Å². The van der Waals surface area contributed by atoms with Crippen LogP contribution in [0.2, 0.25) is 0 Å². The number of carbonyl (C=O) groups excluding carboxylic acids is 2. The second-order valence-electron chi connectivity index (χ2n) is 6.80. The molecule has 1 aliphatic carbocycles. The first kappa shape index (κ1) is 19.4. The van der Waals surface area contributed by atoms with E-state index < -0.39 is 0 Å². The lowest BCUT2D eigenvalue weighted by Gasteiger charge is -2.29. The van der Waals surface area contributed by atoms with Crippen LogP contribution in [0.1, 0.15) is 42.5 Å². The van der Waals surface area contributed by atoms with Gasteiger partial charge in [0.25, 0.3) is 5.91 Å². The van der Waals surface area contributed by atoms with Crippen LogP contribution < -0.4 is 10.1 Å². The Morgan fingerprint density at radius 2 is 1.96 bits per heavy atom. The van der Waals surface area contributed by atoms with Crippen LogP contribution in [0.5, 0.6) is 5.75 Å². The zero-order valence-electron chi connectivity index (χ0n) is 15.5. The zero-order chi connectivity index (χ0) is 19.1. The van der Waals surface area contributed by atoms with Gasteiger partial charge < -0.3 is 15.0 Å². The standard InChI is InChI=1S/C20H25N3O3S/c1-26-17-9-7-16(8-10-17)19(25)23(13-15-5-3-2-4-6-15)14-18(24)22-20-21-11-12-27-20/h7-12,15H,2-6,13-14H2,1H3,(H,21,22,24). The van der Waals surface area contributed by atoms with Crippen molar-refractivity contribution in [2.75, 3.05) is 25.5 Å². The maximum Gasteiger partial charge on any atom is 0.254 e. The summed E-state index contributed by atoms with van der Waals surface area (Å²) in [6.45, 7) is 0.636. The van der Waals surface area contributed by atoms with Gasteiger partial charge in [0.15, 0.2) is 5.13 Å². The molecular formula is C20H25N3O3S. The van der Waals surface area contributed by atoms with Crippen molar-refractivity contribution in [3.63, 3.8) is 0 Å². The molecule has 6 nitrogen and oxygen atoms in total. The summed E-state index contributed by atoms with van der Waals surface area (Å²) < 4.78 is 5.16. The molecule has 1 N–H and O–H groups in total. The first-order valence-corrected chi connectivity index (χ1v) is 10.2. The van der Waals surface area contributed by atoms with Crippen molar-refractivity contribution in [2.24, 2.45) is 5.92 Å². The molecule has 0 radical (unpaired) electrons. The van der Waals surface area contributed by atoms with Crippen LogP contribution >= 0.6 is 11.3 Å². The van der Waals surface area contributed by atoms with Gasteiger partial charge in [0.05, 0.1) is 7.11 Å². The fraction of sp³-hybridized carbons (Fsp3) is 0.450. The number of aromatic nitrogens is 1. The third kappa shape index (κ3) is 5.53. The predicted molar refractivity (Wildman–Crippen MR) is 106 cm³/mol. The number of hydrogen-bond donors (Lipinski definition) is 1. The number of thiazole rings is 1. The molecule has 0 spiro atoms. The third-order valence-electron chi connectivity index (χ3n) is 4.84. The highest BCUT2D eigenvalue weighted by Crippen LogP contribution is 2.25. The van der Waals surface area contributed by atoms with E-state index >= 15 is 0 Å². The lowest BCUT2D eigenvalue weighted by atomic mass is 9.89. The van der Waals surface area contributed by atoms with Crippen LogP contribution in [-0.2, 0) is 4.79 Å². The second-order valence-corrected chi connectivity index (χ2v) is 7.70. The molecule has 0 saturated heterocycles. The molecule has 2 aromatic rings. The Hall–Kier alpha value is -2.41. The number of hydrogen-bond acceptors (Lipinski definition) is 5. The van der Waals surface area contributed by atoms with Crippen LogP contribution in [-0.4, -0.2) is 41.9 Å². The molecule has 1 aliphatic rings. The number of methoxy groups -OCH3 is 1. The molecule has 0 unspecified atom stereocenters. The highest BCUT2D eigenvalue weighted by Gasteiger charge is 2.24. The van der Waals surface area contributed by atoms with E-state index in [0.29, 0.717) is 28.9 Å². The fourth-order valence-electron chi connectivity index (χ4n) is 3.43. The lowest BCUT2D eigenvalue weighted by Crippen LogP contribution is -2.41. The number of amides is 2. The highest BCUT2D eigenvalue weighted by molar-refractivity contribution is 7.13. The smallest absolute Gasteiger partial charge is 0.254 e. The molecule has 0 bridgehead atoms. The van der Waals surface area contributed by atoms with Gasteiger partial charge in [-0.2, -0.15) is 0 Å². The normalized spacial score (nSPS) is 14.6. The monoisotopic (exact) mass is 387 g/mol. The van der Waals surface area contributed by atoms with Gasteiger partial charge in [-0.15, -0.1) is 11.3 Å². The van der Waals surface area contributed by atoms with E-state index in [1.165, 1.54) is 30.6 Å². The van der Waals surface area contributed by atoms with Crippen molar-refractivity contribution >= 4 is 28.3 Å². The van der Waals surface area contributed by atoms with Crippen molar-refractivity contribution in [3.8, 4) is 5.75 Å². The first-order chi connectivity index (χ1) is 13.2. The van der Waals surface area contributed by atoms with E-state index in [2.05, 4.69) is 10.3 Å². The molecule has 0 aliphatic heterocycles. The van der Waals surface area contributed by atoms with Gasteiger partial charge in [0.2, 0.25) is 5.91 Å². The summed E-state index contributed by atoms with van der Waals surface area (Å²) in [5.41, 5.74) is 0.564. The summed E-state index contributed by atoms with van der Waals surface area (Å²) in [6.07, 6.45) is 7.51. The van der Waals surface area contributed by atoms with Gasteiger partial charge in [-0.05, 0) is 43.0 Å². The number of nitrogens with one attached hydrogen (secondary N) is 1. The summed E-state index contributed by atoms with van der Waals surface area (Å²) in [6, 6.07) is 7.02. The van der Waals surface area contributed by atoms with Gasteiger partial charge in [0.1, 0.15) is 12.3 Å². The summed E-state index contributed by atoms with van der Waals surface area (Å²) >= 11 is 1.36. The maximum atomic E-state index is 13.0. The van der Waals surface area contributed by atoms with Crippen LogP contribution in [0.4, 0.5) is 5.13 Å². The highest BCUT2D eigenvalue weighted by atomic mass is 32.1. The van der Waals surface area contributed by atoms with Gasteiger partial charge in [-0.1, -0.05) is 19.3 Å². The first-order valence-electron chi connectivity index (χ1n) is 9.28. The Morgan fingerprint density at radius 1 is 1.22 bits per heavy atom. The largest absolute Gasteiger partial charge is 0.497 e. The van der Waals surface area contributed by atoms with E-state index in [9.17, 15) is 9.59 Å². The number of nitrogens with zero attached hydrogens (tertiary/aromatic N) is 2. The topological polar surface area (TPSA) is 71.5 Å². The van der Waals surface area contributed by atoms with Crippen LogP contribution in [0.3, 0.4) is 0 Å². The molecule has 1 aromatic carbocycles. The molecule has 1 aromatic heterocycles. The third-order valence-corrected chi connectivity index (χ3v) is 5.53. The van der Waals surface area contributed by atoms with Crippen molar-refractivity contribution in [3.05, 3.63) is 41.4 Å². The molecule has 27 heavy (non-hydrogen) atoms. The van der Waals surface area contributed by atoms with E-state index in [1.807, 2.05) is 0 Å². The molecule has 2 amide bonds. The summed E-state index contributed by atoms with van der Waals surface area (Å²) in [5, 5.41) is 5.12. The van der Waals surface area contributed by atoms with Crippen LogP contribution in [0, 0.1) is 5.92 Å². The van der Waals surface area contributed by atoms with Crippen molar-refractivity contribution in [1.29, 1.82) is 0 Å². The minimum Gasteiger partial charge on any atom is -0.497 e. The van der Waals surface area contributed by atoms with Crippen LogP contribution in [0.25, 0.3) is 0 Å². The van der Waals surface area contributed by atoms with Crippen molar-refractivity contribution in [1.82, 2.24) is 9.88 Å². The summed E-state index contributed by atoms with van der Waals surface area (Å²) in [5.74, 6) is 0.806. The maximum absolute atomic E-state index is 13.0. The Kier molecular flexibility index (Phi) is 6.81. The average Bonchev–Trinajstić information content (AvgIpc) is 3.20. The summed E-state index contributed by atoms with van der Waals surface area (Å²) in [7, 11) is 1.59. The summed E-state index contributed by atoms with van der Waals surface area (Å²) in [4.78, 5) is 31.2. The predicted octanol–water partition coefficient (Wildman–Crippen LogP) is 3.81. The Bertz CT molecular complexity index is 740. The van der Waals surface area contributed by atoms with Gasteiger partial charge in [-0.3, -0.25) is 9.59 Å². The number of ether oxygens (including phenoxy) is 1. The van der Waals surface area contributed by atoms with E-state index in [4.69, 9.17) is 4.74 Å². The molecule has 1 fully saturated rings. The quantitative estimate of drug-likeness (QED) is 0.784. The number of anilines is 1. The molecular weight excluding hydrogens is 362 g/mol. The van der Waals surface area contributed by atoms with E-state index in [-0.39, 0.29) is 18.4 Å². The Labute approximate surface area is 163 Å². The number of carbonyl (C=O) groups is 2. The average molecular weight is 388 g/mol. The van der Waals surface area contributed by atoms with Crippen molar-refractivity contribution < 1.29 is 14.3 Å². The van der Waals surface area contributed by atoms with E-state index in [1.54, 1.807) is 47.9 Å². The molecule has 144 valence electrons. The molecule has 3 rings (SSSR count). The molecule has 7 heteroatoms. The lowest BCUT2D eigenvalue weighted by molar-refractivity contribution is -0.117. The number of rotatable bonds is 7. The Balaban J connectivity index is 1.70. The second kappa shape index (κ2) is 9.50. The SMILES string of the molecule is COc1ccc(C(=O)N(CC(=O)Nc2nccs2)CC2CCCCC2)cc1. The molecule has 1 saturated carbocycles. The van der Waals surface area contributed by atoms with Crippen molar-refractivity contribution in [2.45, 2.75) is 32.1 Å². The van der Waals surface area contributed by atoms with E-state index in [0.717, 1.165) is 12.8 Å². The Morgan fingerprint density at radius 3 is 2.59 bits per heavy atom. The fourth-order valence-corrected chi connectivity index (χ4v) is 3.98. The van der Waals surface area contributed by atoms with Gasteiger partial charge in [-0.25, -0.2) is 4.98 Å². The van der Waals surface area contributed by atoms with Crippen LogP contribution in [0.15, 0.2) is 35.8 Å². The molecule has 1 heterocycles. The minimum absolute atomic E-state index is 0.0287. The molecule has 0 atom stereocenters. The number of benzene rings is 1. The minimum atomic E-state index is -0.220. The van der Waals surface area contributed by atoms with Gasteiger partial charge >= 0.3 is 0 Å².